The number of piperazine rings is 4. The fourth-order valence-corrected chi connectivity index (χ4v) is 10.3. The Balaban J connectivity index is 0.000000230. The van der Waals surface area contributed by atoms with Crippen molar-refractivity contribution < 1.29 is 0 Å². The van der Waals surface area contributed by atoms with Crippen molar-refractivity contribution in [2.75, 3.05) is 85.1 Å². The van der Waals surface area contributed by atoms with Gasteiger partial charge in [0.2, 0.25) is 0 Å². The van der Waals surface area contributed by atoms with Gasteiger partial charge in [0.25, 0.3) is 0 Å². The summed E-state index contributed by atoms with van der Waals surface area (Å²) in [5, 5.41) is 0. The smallest absolute Gasteiger partial charge is 0.0478 e. The van der Waals surface area contributed by atoms with Gasteiger partial charge in [-0.3, -0.25) is 39.2 Å². The summed E-state index contributed by atoms with van der Waals surface area (Å²) in [6.07, 6.45) is 1.17. The minimum Gasteiger partial charge on any atom is -0.298 e. The quantitative estimate of drug-likeness (QED) is 0.246. The lowest BCUT2D eigenvalue weighted by atomic mass is 9.97. The molecule has 4 aliphatic rings. The Hall–Kier alpha value is -1.88. The third-order valence-electron chi connectivity index (χ3n) is 14.5. The molecule has 8 heteroatoms. The Bertz CT molecular complexity index is 1490. The minimum absolute atomic E-state index is 0.309. The van der Waals surface area contributed by atoms with Crippen LogP contribution in [0.4, 0.5) is 0 Å². The molecule has 6 rings (SSSR count). The molecule has 0 aromatic heterocycles. The second-order valence-corrected chi connectivity index (χ2v) is 23.2. The summed E-state index contributed by atoms with van der Waals surface area (Å²) in [7, 11) is 0. The molecule has 64 heavy (non-hydrogen) atoms. The van der Waals surface area contributed by atoms with Crippen LogP contribution in [0.5, 0.6) is 0 Å². The average Bonchev–Trinajstić information content (AvgIpc) is 3.24. The largest absolute Gasteiger partial charge is 0.298 e. The van der Waals surface area contributed by atoms with Crippen LogP contribution >= 0.6 is 0 Å². The third-order valence-corrected chi connectivity index (χ3v) is 14.5. The van der Waals surface area contributed by atoms with E-state index in [1.165, 1.54) is 96.1 Å². The Morgan fingerprint density at radius 2 is 0.859 bits per heavy atom. The zero-order valence-electron chi connectivity index (χ0n) is 45.4. The van der Waals surface area contributed by atoms with Gasteiger partial charge in [0.1, 0.15) is 0 Å². The van der Waals surface area contributed by atoms with Crippen molar-refractivity contribution in [1.29, 1.82) is 0 Å². The highest BCUT2D eigenvalue weighted by atomic mass is 15.3. The van der Waals surface area contributed by atoms with Crippen molar-refractivity contribution in [1.82, 2.24) is 39.2 Å². The van der Waals surface area contributed by atoms with Crippen molar-refractivity contribution in [3.63, 3.8) is 0 Å². The van der Waals surface area contributed by atoms with E-state index in [1.54, 1.807) is 0 Å². The average molecular weight is 890 g/mol. The summed E-state index contributed by atoms with van der Waals surface area (Å²) >= 11 is 0. The van der Waals surface area contributed by atoms with Gasteiger partial charge in [-0.15, -0.1) is 0 Å². The van der Waals surface area contributed by atoms with E-state index in [2.05, 4.69) is 231 Å². The number of hydrogen-bond donors (Lipinski definition) is 0. The fourth-order valence-electron chi connectivity index (χ4n) is 10.3. The first-order valence-electron chi connectivity index (χ1n) is 26.0. The first kappa shape index (κ1) is 56.4. The predicted molar refractivity (Wildman–Crippen MR) is 281 cm³/mol. The molecule has 3 atom stereocenters. The van der Waals surface area contributed by atoms with E-state index in [9.17, 15) is 0 Å². The predicted octanol–water partition coefficient (Wildman–Crippen LogP) is 10.2. The molecule has 0 saturated carbocycles. The third kappa shape index (κ3) is 18.3. The summed E-state index contributed by atoms with van der Waals surface area (Å²) in [4.78, 5) is 20.8. The summed E-state index contributed by atoms with van der Waals surface area (Å²) in [6.45, 7) is 59.5. The van der Waals surface area contributed by atoms with Crippen LogP contribution in [0, 0.1) is 0 Å². The molecule has 0 bridgehead atoms. The number of benzene rings is 2. The first-order chi connectivity index (χ1) is 29.9. The van der Waals surface area contributed by atoms with Gasteiger partial charge in [-0.05, 0) is 149 Å². The molecule has 368 valence electrons. The monoisotopic (exact) mass is 889 g/mol. The SMILES string of the molecule is CC(C)N1CCN(C(C)C)C(Cc2ccccc2)C1.CC(C)N1CCN(C(C)C)C(c2ccccc2)C1.CC(C)N1CCN(C(C)C)CC1.CC1CN(C(C)(C)C)CCN1C(C)(C)C. The lowest BCUT2D eigenvalue weighted by molar-refractivity contribution is -0.0152. The summed E-state index contributed by atoms with van der Waals surface area (Å²) < 4.78 is 0. The molecule has 0 amide bonds. The molecule has 0 spiro atoms. The van der Waals surface area contributed by atoms with Crippen LogP contribution in [0.25, 0.3) is 0 Å². The van der Waals surface area contributed by atoms with Crippen LogP contribution in [0.15, 0.2) is 60.7 Å². The normalized spacial score (nSPS) is 23.6. The van der Waals surface area contributed by atoms with Gasteiger partial charge in [0, 0.05) is 151 Å². The van der Waals surface area contributed by atoms with Gasteiger partial charge in [-0.2, -0.15) is 0 Å². The van der Waals surface area contributed by atoms with Gasteiger partial charge in [-0.1, -0.05) is 60.7 Å². The molecule has 0 radical (unpaired) electrons. The minimum atomic E-state index is 0.309. The van der Waals surface area contributed by atoms with E-state index in [0.29, 0.717) is 53.4 Å². The fraction of sp³-hybridized carbons (Fsp3) is 0.786. The van der Waals surface area contributed by atoms with E-state index in [0.717, 1.165) is 18.6 Å². The zero-order chi connectivity index (χ0) is 47.9. The highest BCUT2D eigenvalue weighted by molar-refractivity contribution is 5.20. The molecule has 0 aliphatic carbocycles. The molecule has 8 nitrogen and oxygen atoms in total. The van der Waals surface area contributed by atoms with Crippen LogP contribution in [-0.4, -0.2) is 184 Å². The second-order valence-electron chi connectivity index (χ2n) is 23.2. The van der Waals surface area contributed by atoms with Gasteiger partial charge >= 0.3 is 0 Å². The van der Waals surface area contributed by atoms with E-state index in [1.807, 2.05) is 0 Å². The van der Waals surface area contributed by atoms with Gasteiger partial charge in [0.05, 0.1) is 0 Å². The summed E-state index contributed by atoms with van der Waals surface area (Å²) in [5.41, 5.74) is 3.54. The van der Waals surface area contributed by atoms with E-state index < -0.39 is 0 Å². The number of nitrogens with zero attached hydrogens (tertiary/aromatic N) is 8. The Labute approximate surface area is 398 Å². The molecule has 4 aliphatic heterocycles. The van der Waals surface area contributed by atoms with Crippen molar-refractivity contribution in [2.24, 2.45) is 0 Å². The molecular formula is C56H104N8. The maximum absolute atomic E-state index is 2.67. The highest BCUT2D eigenvalue weighted by Gasteiger charge is 2.35. The summed E-state index contributed by atoms with van der Waals surface area (Å²) in [6, 6.07) is 27.7. The Kier molecular flexibility index (Phi) is 23.5. The topological polar surface area (TPSA) is 25.9 Å². The van der Waals surface area contributed by atoms with E-state index in [-0.39, 0.29) is 0 Å². The molecular weight excluding hydrogens is 785 g/mol. The molecule has 2 aromatic rings. The molecule has 4 heterocycles. The van der Waals surface area contributed by atoms with Crippen LogP contribution in [0.1, 0.15) is 149 Å². The van der Waals surface area contributed by atoms with Crippen LogP contribution in [0.2, 0.25) is 0 Å². The van der Waals surface area contributed by atoms with E-state index >= 15 is 0 Å². The van der Waals surface area contributed by atoms with Crippen molar-refractivity contribution in [3.8, 4) is 0 Å². The zero-order valence-corrected chi connectivity index (χ0v) is 45.4. The lowest BCUT2D eigenvalue weighted by Gasteiger charge is -2.50. The van der Waals surface area contributed by atoms with Crippen LogP contribution in [0.3, 0.4) is 0 Å². The van der Waals surface area contributed by atoms with Crippen molar-refractivity contribution in [3.05, 3.63) is 71.8 Å². The van der Waals surface area contributed by atoms with E-state index in [4.69, 9.17) is 0 Å². The first-order valence-corrected chi connectivity index (χ1v) is 26.0. The molecule has 4 saturated heterocycles. The Morgan fingerprint density at radius 3 is 1.27 bits per heavy atom. The second kappa shape index (κ2) is 26.6. The molecule has 4 fully saturated rings. The van der Waals surface area contributed by atoms with Crippen LogP contribution in [-0.2, 0) is 6.42 Å². The number of rotatable bonds is 9. The lowest BCUT2D eigenvalue weighted by Crippen LogP contribution is -2.61. The molecule has 0 N–H and O–H groups in total. The van der Waals surface area contributed by atoms with Gasteiger partial charge in [0.15, 0.2) is 0 Å². The van der Waals surface area contributed by atoms with Crippen molar-refractivity contribution in [2.45, 2.75) is 203 Å². The van der Waals surface area contributed by atoms with Gasteiger partial charge in [-0.25, -0.2) is 0 Å². The molecule has 3 unspecified atom stereocenters. The highest BCUT2D eigenvalue weighted by Crippen LogP contribution is 2.28. The van der Waals surface area contributed by atoms with Crippen molar-refractivity contribution >= 4 is 0 Å². The maximum atomic E-state index is 2.67. The number of hydrogen-bond acceptors (Lipinski definition) is 8. The standard InChI is InChI=1S/C17H28N2.C16H26N2.C13H28N2.C10H22N2/c1-14(2)18-10-11-19(15(3)4)17(13-18)12-16-8-6-5-7-9-16;1-13(2)17-10-11-18(14(3)4)16(12-17)15-8-6-5-7-9-15;1-11-10-14(12(2,3)4)8-9-15(11)13(5,6)7;1-9(2)11-5-7-12(8-6-11)10(3)4/h5-9,14-15,17H,10-13H2,1-4H3;5-9,13-14,16H,10-12H2,1-4H3;11H,8-10H2,1-7H3;9-10H,5-8H2,1-4H3. The van der Waals surface area contributed by atoms with Gasteiger partial charge < -0.3 is 0 Å². The summed E-state index contributed by atoms with van der Waals surface area (Å²) in [5.74, 6) is 0. The maximum Gasteiger partial charge on any atom is 0.0478 e. The van der Waals surface area contributed by atoms with Crippen LogP contribution < -0.4 is 0 Å². The molecule has 2 aromatic carbocycles. The Morgan fingerprint density at radius 1 is 0.438 bits per heavy atom.